The van der Waals surface area contributed by atoms with Crippen LogP contribution in [0.1, 0.15) is 19.3 Å². The Labute approximate surface area is 213 Å². The Morgan fingerprint density at radius 3 is 2.49 bits per heavy atom. The highest BCUT2D eigenvalue weighted by Crippen LogP contribution is 2.37. The zero-order valence-electron chi connectivity index (χ0n) is 19.0. The molecule has 0 saturated carbocycles. The number of rotatable bonds is 3. The molecule has 7 nitrogen and oxygen atoms in total. The van der Waals surface area contributed by atoms with Gasteiger partial charge in [0.25, 0.3) is 0 Å². The monoisotopic (exact) mass is 521 g/mol. The molecule has 3 amide bonds. The van der Waals surface area contributed by atoms with Gasteiger partial charge in [-0.3, -0.25) is 4.79 Å². The highest BCUT2D eigenvalue weighted by Gasteiger charge is 2.38. The largest absolute Gasteiger partial charge is 0.487 e. The van der Waals surface area contributed by atoms with E-state index in [1.54, 1.807) is 46.2 Å². The standard InChI is InChI=1S/C25H26Cl2FN3O4/c26-16-3-1-15(2-4-16)23-18(27)5-6-21(24(23)28)35-17-7-10-30(11-8-17)25(33)31-12-9-20-19(13-31)29-22(32)14-34-20/h1-6,17,19-20H,7-14H2,(H,29,32)/t19-,20+/m1/s1. The smallest absolute Gasteiger partial charge is 0.320 e. The lowest BCUT2D eigenvalue weighted by Gasteiger charge is -2.43. The number of halogens is 3. The molecule has 0 spiro atoms. The first-order valence-corrected chi connectivity index (χ1v) is 12.5. The number of carbonyl (C=O) groups excluding carboxylic acids is 2. The van der Waals surface area contributed by atoms with Crippen LogP contribution in [0.4, 0.5) is 9.18 Å². The van der Waals surface area contributed by atoms with E-state index < -0.39 is 5.82 Å². The highest BCUT2D eigenvalue weighted by molar-refractivity contribution is 6.33. The summed E-state index contributed by atoms with van der Waals surface area (Å²) in [4.78, 5) is 28.3. The molecule has 3 saturated heterocycles. The van der Waals surface area contributed by atoms with Gasteiger partial charge in [-0.2, -0.15) is 0 Å². The predicted molar refractivity (Wildman–Crippen MR) is 130 cm³/mol. The number of nitrogens with one attached hydrogen (secondary N) is 1. The van der Waals surface area contributed by atoms with Gasteiger partial charge in [-0.25, -0.2) is 9.18 Å². The van der Waals surface area contributed by atoms with Crippen LogP contribution < -0.4 is 10.1 Å². The van der Waals surface area contributed by atoms with E-state index in [0.29, 0.717) is 61.1 Å². The van der Waals surface area contributed by atoms with Gasteiger partial charge in [-0.1, -0.05) is 35.3 Å². The van der Waals surface area contributed by atoms with Gasteiger partial charge in [0.1, 0.15) is 12.7 Å². The van der Waals surface area contributed by atoms with E-state index in [-0.39, 0.29) is 48.1 Å². The number of ether oxygens (including phenoxy) is 2. The van der Waals surface area contributed by atoms with Gasteiger partial charge in [0.15, 0.2) is 11.6 Å². The number of carbonyl (C=O) groups is 2. The molecule has 0 aliphatic carbocycles. The van der Waals surface area contributed by atoms with E-state index in [9.17, 15) is 9.59 Å². The zero-order valence-corrected chi connectivity index (χ0v) is 20.5. The Hall–Kier alpha value is -2.55. The third-order valence-corrected chi connectivity index (χ3v) is 7.36. The zero-order chi connectivity index (χ0) is 24.5. The first-order valence-electron chi connectivity index (χ1n) is 11.7. The van der Waals surface area contributed by atoms with Crippen molar-refractivity contribution in [2.45, 2.75) is 37.5 Å². The molecule has 1 N–H and O–H groups in total. The Morgan fingerprint density at radius 1 is 1.03 bits per heavy atom. The molecule has 3 heterocycles. The third kappa shape index (κ3) is 5.20. The maximum absolute atomic E-state index is 15.3. The SMILES string of the molecule is O=C1CO[C@H]2CCN(C(=O)N3CCC(Oc4ccc(Cl)c(-c5ccc(Cl)cc5)c4F)CC3)C[C@H]2N1. The van der Waals surface area contributed by atoms with Crippen molar-refractivity contribution in [3.8, 4) is 16.9 Å². The molecule has 186 valence electrons. The number of hydrogen-bond donors (Lipinski definition) is 1. The van der Waals surface area contributed by atoms with Crippen LogP contribution >= 0.6 is 23.2 Å². The topological polar surface area (TPSA) is 71.1 Å². The minimum Gasteiger partial charge on any atom is -0.487 e. The quantitative estimate of drug-likeness (QED) is 0.651. The van der Waals surface area contributed by atoms with E-state index in [0.717, 1.165) is 0 Å². The Morgan fingerprint density at radius 2 is 1.74 bits per heavy atom. The van der Waals surface area contributed by atoms with Crippen LogP contribution in [0.3, 0.4) is 0 Å². The van der Waals surface area contributed by atoms with Crippen molar-refractivity contribution in [1.29, 1.82) is 0 Å². The Balaban J connectivity index is 1.19. The first kappa shape index (κ1) is 24.2. The second kappa shape index (κ2) is 10.2. The summed E-state index contributed by atoms with van der Waals surface area (Å²) >= 11 is 12.2. The van der Waals surface area contributed by atoms with Crippen LogP contribution in [-0.2, 0) is 9.53 Å². The summed E-state index contributed by atoms with van der Waals surface area (Å²) in [5, 5.41) is 3.77. The van der Waals surface area contributed by atoms with E-state index in [4.69, 9.17) is 32.7 Å². The number of likely N-dealkylation sites (tertiary alicyclic amines) is 2. The highest BCUT2D eigenvalue weighted by atomic mass is 35.5. The summed E-state index contributed by atoms with van der Waals surface area (Å²) in [5.41, 5.74) is 0.890. The lowest BCUT2D eigenvalue weighted by Crippen LogP contribution is -2.62. The van der Waals surface area contributed by atoms with Crippen LogP contribution in [0.15, 0.2) is 36.4 Å². The number of nitrogens with zero attached hydrogens (tertiary/aromatic N) is 2. The molecule has 2 aromatic carbocycles. The first-order chi connectivity index (χ1) is 16.9. The molecule has 3 fully saturated rings. The molecule has 0 radical (unpaired) electrons. The van der Waals surface area contributed by atoms with Crippen molar-refractivity contribution in [2.75, 3.05) is 32.8 Å². The minimum absolute atomic E-state index is 0.0390. The van der Waals surface area contributed by atoms with Crippen LogP contribution in [0.25, 0.3) is 11.1 Å². The van der Waals surface area contributed by atoms with Gasteiger partial charge >= 0.3 is 6.03 Å². The van der Waals surface area contributed by atoms with Crippen LogP contribution in [-0.4, -0.2) is 72.8 Å². The average molecular weight is 522 g/mol. The van der Waals surface area contributed by atoms with Gasteiger partial charge in [0, 0.05) is 49.6 Å². The van der Waals surface area contributed by atoms with Crippen molar-refractivity contribution in [2.24, 2.45) is 0 Å². The van der Waals surface area contributed by atoms with Crippen LogP contribution in [0.2, 0.25) is 10.0 Å². The third-order valence-electron chi connectivity index (χ3n) is 6.79. The normalized spacial score (nSPS) is 23.0. The second-order valence-electron chi connectivity index (χ2n) is 9.09. The summed E-state index contributed by atoms with van der Waals surface area (Å²) < 4.78 is 26.9. The van der Waals surface area contributed by atoms with E-state index in [1.165, 1.54) is 0 Å². The fourth-order valence-electron chi connectivity index (χ4n) is 4.92. The van der Waals surface area contributed by atoms with Crippen molar-refractivity contribution < 1.29 is 23.5 Å². The summed E-state index contributed by atoms with van der Waals surface area (Å²) in [6, 6.07) is 9.75. The maximum atomic E-state index is 15.3. The average Bonchev–Trinajstić information content (AvgIpc) is 2.86. The number of piperidine rings is 2. The fourth-order valence-corrected chi connectivity index (χ4v) is 5.30. The minimum atomic E-state index is -0.516. The van der Waals surface area contributed by atoms with Crippen molar-refractivity contribution in [3.05, 3.63) is 52.3 Å². The Kier molecular flexibility index (Phi) is 7.05. The molecule has 2 atom stereocenters. The van der Waals surface area contributed by atoms with Gasteiger partial charge in [-0.15, -0.1) is 0 Å². The van der Waals surface area contributed by atoms with Gasteiger partial charge in [0.2, 0.25) is 5.91 Å². The van der Waals surface area contributed by atoms with Crippen LogP contribution in [0.5, 0.6) is 5.75 Å². The van der Waals surface area contributed by atoms with Gasteiger partial charge in [-0.05, 0) is 36.2 Å². The van der Waals surface area contributed by atoms with E-state index >= 15 is 4.39 Å². The lowest BCUT2D eigenvalue weighted by atomic mass is 10.0. The molecule has 10 heteroatoms. The molecule has 0 aromatic heterocycles. The molecule has 3 aliphatic rings. The molecule has 0 bridgehead atoms. The number of hydrogen-bond acceptors (Lipinski definition) is 4. The van der Waals surface area contributed by atoms with Crippen LogP contribution in [0, 0.1) is 5.82 Å². The van der Waals surface area contributed by atoms with Crippen molar-refractivity contribution >= 4 is 35.1 Å². The molecule has 35 heavy (non-hydrogen) atoms. The summed E-state index contributed by atoms with van der Waals surface area (Å²) in [6.07, 6.45) is 1.61. The lowest BCUT2D eigenvalue weighted by molar-refractivity contribution is -0.139. The molecule has 5 rings (SSSR count). The molecular formula is C25H26Cl2FN3O4. The molecule has 0 unspecified atom stereocenters. The Bertz CT molecular complexity index is 1110. The maximum Gasteiger partial charge on any atom is 0.320 e. The fraction of sp³-hybridized carbons (Fsp3) is 0.440. The number of fused-ring (bicyclic) bond motifs is 1. The number of morpholine rings is 1. The number of urea groups is 1. The second-order valence-corrected chi connectivity index (χ2v) is 9.93. The van der Waals surface area contributed by atoms with Gasteiger partial charge < -0.3 is 24.6 Å². The molecule has 2 aromatic rings. The summed E-state index contributed by atoms with van der Waals surface area (Å²) in [7, 11) is 0. The molecular weight excluding hydrogens is 496 g/mol. The number of amides is 3. The summed E-state index contributed by atoms with van der Waals surface area (Å²) in [6.45, 7) is 2.13. The van der Waals surface area contributed by atoms with Gasteiger partial charge in [0.05, 0.1) is 17.2 Å². The van der Waals surface area contributed by atoms with E-state index in [2.05, 4.69) is 5.32 Å². The van der Waals surface area contributed by atoms with E-state index in [1.807, 2.05) is 0 Å². The predicted octanol–water partition coefficient (Wildman–Crippen LogP) is 4.35. The summed E-state index contributed by atoms with van der Waals surface area (Å²) in [5.74, 6) is -0.524. The number of benzene rings is 2. The molecule has 3 aliphatic heterocycles. The van der Waals surface area contributed by atoms with Crippen molar-refractivity contribution in [1.82, 2.24) is 15.1 Å². The van der Waals surface area contributed by atoms with Crippen molar-refractivity contribution in [3.63, 3.8) is 0 Å².